The van der Waals surface area contributed by atoms with Crippen LogP contribution in [-0.2, 0) is 0 Å². The van der Waals surface area contributed by atoms with Crippen LogP contribution in [0.15, 0.2) is 29.4 Å². The van der Waals surface area contributed by atoms with Crippen LogP contribution in [0.5, 0.6) is 0 Å². The molecule has 0 fully saturated rings. The van der Waals surface area contributed by atoms with Crippen LogP contribution in [0.1, 0.15) is 24.3 Å². The van der Waals surface area contributed by atoms with Crippen molar-refractivity contribution in [2.24, 2.45) is 5.16 Å². The van der Waals surface area contributed by atoms with Gasteiger partial charge in [-0.2, -0.15) is 0 Å². The number of hydrogen-bond donors (Lipinski definition) is 1. The van der Waals surface area contributed by atoms with Crippen LogP contribution < -0.4 is 0 Å². The maximum atomic E-state index is 8.48. The van der Waals surface area contributed by atoms with Crippen molar-refractivity contribution >= 4 is 28.9 Å². The van der Waals surface area contributed by atoms with Crippen LogP contribution in [-0.4, -0.2) is 10.9 Å². The molecule has 1 atom stereocenters. The molecule has 0 radical (unpaired) electrons. The van der Waals surface area contributed by atoms with E-state index in [2.05, 4.69) is 5.16 Å². The Morgan fingerprint density at radius 1 is 1.43 bits per heavy atom. The van der Waals surface area contributed by atoms with Gasteiger partial charge in [-0.1, -0.05) is 28.9 Å². The lowest BCUT2D eigenvalue weighted by molar-refractivity contribution is 0.317. The van der Waals surface area contributed by atoms with Gasteiger partial charge < -0.3 is 5.21 Å². The zero-order valence-corrected chi connectivity index (χ0v) is 9.26. The Morgan fingerprint density at radius 2 is 2.00 bits per heavy atom. The fraction of sp³-hybridized carbons (Fsp3) is 0.300. The van der Waals surface area contributed by atoms with Gasteiger partial charge in [0, 0.05) is 11.4 Å². The van der Waals surface area contributed by atoms with Gasteiger partial charge in [0.2, 0.25) is 0 Å². The summed E-state index contributed by atoms with van der Waals surface area (Å²) in [7, 11) is 0. The van der Waals surface area contributed by atoms with Gasteiger partial charge >= 0.3 is 0 Å². The number of nitrogens with zero attached hydrogens (tertiary/aromatic N) is 1. The van der Waals surface area contributed by atoms with Gasteiger partial charge in [-0.05, 0) is 24.6 Å². The van der Waals surface area contributed by atoms with Crippen LogP contribution in [0.25, 0.3) is 0 Å². The molecule has 1 rings (SSSR count). The normalized spacial score (nSPS) is 14.1. The van der Waals surface area contributed by atoms with Crippen LogP contribution in [0, 0.1) is 0 Å². The van der Waals surface area contributed by atoms with Gasteiger partial charge in [0.05, 0.1) is 11.1 Å². The summed E-state index contributed by atoms with van der Waals surface area (Å²) in [5, 5.41) is 12.1. The van der Waals surface area contributed by atoms with Gasteiger partial charge in [-0.25, -0.2) is 0 Å². The van der Waals surface area contributed by atoms with E-state index in [9.17, 15) is 0 Å². The lowest BCUT2D eigenvalue weighted by Gasteiger charge is -2.08. The molecule has 0 spiro atoms. The Bertz CT molecular complexity index is 321. The highest BCUT2D eigenvalue weighted by molar-refractivity contribution is 6.30. The SMILES string of the molecule is CC(CC(Cl)c1ccc(Cl)cc1)=NO. The van der Waals surface area contributed by atoms with E-state index in [0.29, 0.717) is 17.2 Å². The maximum absolute atomic E-state index is 8.48. The lowest BCUT2D eigenvalue weighted by atomic mass is 10.1. The Labute approximate surface area is 93.1 Å². The smallest absolute Gasteiger partial charge is 0.0638 e. The summed E-state index contributed by atoms with van der Waals surface area (Å²) in [6, 6.07) is 7.31. The summed E-state index contributed by atoms with van der Waals surface area (Å²) in [6.45, 7) is 1.73. The first-order chi connectivity index (χ1) is 6.63. The van der Waals surface area contributed by atoms with Gasteiger partial charge in [0.25, 0.3) is 0 Å². The Balaban J connectivity index is 2.70. The van der Waals surface area contributed by atoms with Crippen molar-refractivity contribution in [1.29, 1.82) is 0 Å². The predicted molar refractivity (Wildman–Crippen MR) is 59.6 cm³/mol. The van der Waals surface area contributed by atoms with E-state index in [4.69, 9.17) is 28.4 Å². The van der Waals surface area contributed by atoms with E-state index in [1.165, 1.54) is 0 Å². The number of oxime groups is 1. The molecule has 0 aliphatic rings. The van der Waals surface area contributed by atoms with Crippen LogP contribution in [0.4, 0.5) is 0 Å². The van der Waals surface area contributed by atoms with E-state index < -0.39 is 0 Å². The van der Waals surface area contributed by atoms with Crippen LogP contribution in [0.3, 0.4) is 0 Å². The first-order valence-electron chi connectivity index (χ1n) is 4.20. The van der Waals surface area contributed by atoms with Crippen molar-refractivity contribution in [2.75, 3.05) is 0 Å². The van der Waals surface area contributed by atoms with Gasteiger partial charge in [0.15, 0.2) is 0 Å². The average molecular weight is 232 g/mol. The lowest BCUT2D eigenvalue weighted by Crippen LogP contribution is -1.98. The van der Waals surface area contributed by atoms with Crippen molar-refractivity contribution in [2.45, 2.75) is 18.7 Å². The minimum atomic E-state index is -0.178. The molecule has 0 saturated carbocycles. The molecule has 4 heteroatoms. The summed E-state index contributed by atoms with van der Waals surface area (Å²) in [5.41, 5.74) is 1.58. The molecule has 0 aromatic heterocycles. The van der Waals surface area contributed by atoms with Crippen LogP contribution >= 0.6 is 23.2 Å². The summed E-state index contributed by atoms with van der Waals surface area (Å²) in [6.07, 6.45) is 0.527. The van der Waals surface area contributed by atoms with E-state index in [1.54, 1.807) is 19.1 Å². The van der Waals surface area contributed by atoms with Gasteiger partial charge in [-0.3, -0.25) is 0 Å². The highest BCUT2D eigenvalue weighted by atomic mass is 35.5. The minimum absolute atomic E-state index is 0.178. The third kappa shape index (κ3) is 3.20. The van der Waals surface area contributed by atoms with E-state index >= 15 is 0 Å². The highest BCUT2D eigenvalue weighted by Gasteiger charge is 2.09. The van der Waals surface area contributed by atoms with E-state index in [1.807, 2.05) is 12.1 Å². The number of rotatable bonds is 3. The zero-order chi connectivity index (χ0) is 10.6. The first kappa shape index (κ1) is 11.3. The van der Waals surface area contributed by atoms with E-state index in [-0.39, 0.29) is 5.38 Å². The van der Waals surface area contributed by atoms with Crippen molar-refractivity contribution in [3.05, 3.63) is 34.9 Å². The van der Waals surface area contributed by atoms with Crippen LogP contribution in [0.2, 0.25) is 5.02 Å². The molecule has 0 saturated heterocycles. The quantitative estimate of drug-likeness (QED) is 0.365. The topological polar surface area (TPSA) is 32.6 Å². The zero-order valence-electron chi connectivity index (χ0n) is 7.74. The fourth-order valence-electron chi connectivity index (χ4n) is 1.09. The largest absolute Gasteiger partial charge is 0.411 e. The first-order valence-corrected chi connectivity index (χ1v) is 5.02. The van der Waals surface area contributed by atoms with Crippen molar-refractivity contribution < 1.29 is 5.21 Å². The van der Waals surface area contributed by atoms with Gasteiger partial charge in [-0.15, -0.1) is 11.6 Å². The Morgan fingerprint density at radius 3 is 2.50 bits per heavy atom. The van der Waals surface area contributed by atoms with Crippen molar-refractivity contribution in [3.8, 4) is 0 Å². The molecule has 0 bridgehead atoms. The molecule has 0 heterocycles. The van der Waals surface area contributed by atoms with E-state index in [0.717, 1.165) is 5.56 Å². The van der Waals surface area contributed by atoms with Gasteiger partial charge in [0.1, 0.15) is 0 Å². The van der Waals surface area contributed by atoms with Crippen molar-refractivity contribution in [1.82, 2.24) is 0 Å². The molecular weight excluding hydrogens is 221 g/mol. The second kappa shape index (κ2) is 5.23. The average Bonchev–Trinajstić information content (AvgIpc) is 2.18. The summed E-state index contributed by atoms with van der Waals surface area (Å²) >= 11 is 11.8. The monoisotopic (exact) mass is 231 g/mol. The second-order valence-electron chi connectivity index (χ2n) is 3.06. The Kier molecular flexibility index (Phi) is 4.23. The number of alkyl halides is 1. The minimum Gasteiger partial charge on any atom is -0.411 e. The molecule has 2 nitrogen and oxygen atoms in total. The number of hydrogen-bond acceptors (Lipinski definition) is 2. The fourth-order valence-corrected chi connectivity index (χ4v) is 1.58. The molecule has 1 unspecified atom stereocenters. The third-order valence-electron chi connectivity index (χ3n) is 1.88. The molecule has 1 N–H and O–H groups in total. The molecule has 0 aliphatic heterocycles. The molecule has 76 valence electrons. The highest BCUT2D eigenvalue weighted by Crippen LogP contribution is 2.25. The standard InChI is InChI=1S/C10H11Cl2NO/c1-7(13-14)6-10(12)8-2-4-9(11)5-3-8/h2-5,10,14H,6H2,1H3. The maximum Gasteiger partial charge on any atom is 0.0638 e. The third-order valence-corrected chi connectivity index (χ3v) is 2.54. The summed E-state index contributed by atoms with van der Waals surface area (Å²) in [5.74, 6) is 0. The molecule has 0 aliphatic carbocycles. The molecule has 0 amide bonds. The molecular formula is C10H11Cl2NO. The summed E-state index contributed by atoms with van der Waals surface area (Å²) < 4.78 is 0. The number of halogens is 2. The molecule has 1 aromatic carbocycles. The summed E-state index contributed by atoms with van der Waals surface area (Å²) in [4.78, 5) is 0. The predicted octanol–water partition coefficient (Wildman–Crippen LogP) is 3.86. The number of benzene rings is 1. The second-order valence-corrected chi connectivity index (χ2v) is 4.02. The molecule has 14 heavy (non-hydrogen) atoms. The molecule has 1 aromatic rings. The Hall–Kier alpha value is -0.730. The van der Waals surface area contributed by atoms with Crippen molar-refractivity contribution in [3.63, 3.8) is 0 Å².